The van der Waals surface area contributed by atoms with Gasteiger partial charge in [0, 0.05) is 35.9 Å². The Labute approximate surface area is 131 Å². The molecule has 2 rings (SSSR count). The zero-order valence-corrected chi connectivity index (χ0v) is 13.4. The molecular formula is C17H21ClN2O. The average molecular weight is 305 g/mol. The van der Waals surface area contributed by atoms with E-state index in [1.807, 2.05) is 44.3 Å². The minimum atomic E-state index is -0.0991. The van der Waals surface area contributed by atoms with E-state index in [1.54, 1.807) is 7.11 Å². The molecule has 21 heavy (non-hydrogen) atoms. The number of nitrogens with two attached hydrogens (primary N) is 1. The van der Waals surface area contributed by atoms with E-state index in [-0.39, 0.29) is 6.04 Å². The van der Waals surface area contributed by atoms with Gasteiger partial charge in [-0.05, 0) is 36.8 Å². The quantitative estimate of drug-likeness (QED) is 0.907. The third kappa shape index (κ3) is 3.69. The smallest absolute Gasteiger partial charge is 0.125 e. The monoisotopic (exact) mass is 304 g/mol. The Kier molecular flexibility index (Phi) is 5.10. The summed E-state index contributed by atoms with van der Waals surface area (Å²) in [6, 6.07) is 13.8. The molecule has 3 nitrogen and oxygen atoms in total. The van der Waals surface area contributed by atoms with Crippen LogP contribution in [0.2, 0.25) is 5.02 Å². The summed E-state index contributed by atoms with van der Waals surface area (Å²) in [5.41, 5.74) is 9.37. The fraction of sp³-hybridized carbons (Fsp3) is 0.294. The van der Waals surface area contributed by atoms with Crippen LogP contribution in [-0.4, -0.2) is 14.2 Å². The molecule has 0 unspecified atom stereocenters. The third-order valence-electron chi connectivity index (χ3n) is 3.44. The molecule has 0 saturated carbocycles. The van der Waals surface area contributed by atoms with E-state index in [0.29, 0.717) is 0 Å². The Morgan fingerprint density at radius 3 is 2.57 bits per heavy atom. The van der Waals surface area contributed by atoms with Gasteiger partial charge in [-0.1, -0.05) is 29.8 Å². The van der Waals surface area contributed by atoms with E-state index >= 15 is 0 Å². The second-order valence-electron chi connectivity index (χ2n) is 5.17. The molecule has 0 aromatic heterocycles. The van der Waals surface area contributed by atoms with Gasteiger partial charge in [-0.25, -0.2) is 0 Å². The number of hydrogen-bond acceptors (Lipinski definition) is 3. The number of methoxy groups -OCH3 is 1. The van der Waals surface area contributed by atoms with Crippen molar-refractivity contribution in [2.75, 3.05) is 19.1 Å². The van der Waals surface area contributed by atoms with E-state index < -0.39 is 0 Å². The van der Waals surface area contributed by atoms with E-state index in [1.165, 1.54) is 0 Å². The minimum absolute atomic E-state index is 0.0991. The van der Waals surface area contributed by atoms with Crippen LogP contribution < -0.4 is 15.4 Å². The van der Waals surface area contributed by atoms with Crippen LogP contribution in [0.1, 0.15) is 24.1 Å². The molecule has 1 atom stereocenters. The first-order valence-electron chi connectivity index (χ1n) is 6.91. The van der Waals surface area contributed by atoms with Crippen molar-refractivity contribution >= 4 is 17.3 Å². The first kappa shape index (κ1) is 15.7. The van der Waals surface area contributed by atoms with Crippen molar-refractivity contribution in [2.24, 2.45) is 5.73 Å². The molecule has 0 aliphatic rings. The van der Waals surface area contributed by atoms with Gasteiger partial charge in [0.25, 0.3) is 0 Å². The van der Waals surface area contributed by atoms with Crippen LogP contribution in [0.5, 0.6) is 5.75 Å². The molecular weight excluding hydrogens is 284 g/mol. The zero-order chi connectivity index (χ0) is 15.4. The summed E-state index contributed by atoms with van der Waals surface area (Å²) in [6.45, 7) is 2.72. The molecule has 2 aromatic carbocycles. The maximum Gasteiger partial charge on any atom is 0.125 e. The molecule has 2 N–H and O–H groups in total. The van der Waals surface area contributed by atoms with Gasteiger partial charge in [0.2, 0.25) is 0 Å². The number of benzene rings is 2. The summed E-state index contributed by atoms with van der Waals surface area (Å²) < 4.78 is 5.44. The van der Waals surface area contributed by atoms with Crippen LogP contribution in [0.15, 0.2) is 42.5 Å². The Bertz CT molecular complexity index is 613. The van der Waals surface area contributed by atoms with Gasteiger partial charge < -0.3 is 15.4 Å². The average Bonchev–Trinajstić information content (AvgIpc) is 2.46. The molecule has 2 aromatic rings. The molecule has 0 bridgehead atoms. The number of hydrogen-bond donors (Lipinski definition) is 1. The number of rotatable bonds is 5. The summed E-state index contributed by atoms with van der Waals surface area (Å²) in [7, 11) is 3.71. The van der Waals surface area contributed by atoms with Crippen LogP contribution in [0, 0.1) is 0 Å². The maximum absolute atomic E-state index is 6.12. The predicted molar refractivity (Wildman–Crippen MR) is 89.2 cm³/mol. The van der Waals surface area contributed by atoms with Crippen LogP contribution in [0.4, 0.5) is 5.69 Å². The largest absolute Gasteiger partial charge is 0.496 e. The van der Waals surface area contributed by atoms with Gasteiger partial charge in [0.1, 0.15) is 5.75 Å². The van der Waals surface area contributed by atoms with Crippen molar-refractivity contribution < 1.29 is 4.74 Å². The van der Waals surface area contributed by atoms with Crippen molar-refractivity contribution in [1.82, 2.24) is 0 Å². The van der Waals surface area contributed by atoms with Gasteiger partial charge in [-0.2, -0.15) is 0 Å². The molecule has 0 heterocycles. The fourth-order valence-electron chi connectivity index (χ4n) is 2.50. The van der Waals surface area contributed by atoms with Crippen LogP contribution >= 0.6 is 11.6 Å². The highest BCUT2D eigenvalue weighted by atomic mass is 35.5. The third-order valence-corrected chi connectivity index (χ3v) is 3.67. The fourth-order valence-corrected chi connectivity index (χ4v) is 2.71. The summed E-state index contributed by atoms with van der Waals surface area (Å²) in [6.07, 6.45) is 0. The Balaban J connectivity index is 2.32. The van der Waals surface area contributed by atoms with E-state index in [4.69, 9.17) is 22.1 Å². The maximum atomic E-state index is 6.12. The molecule has 0 aliphatic heterocycles. The zero-order valence-electron chi connectivity index (χ0n) is 12.6. The SMILES string of the molecule is COc1cccc(N(C)Cc2cccc(Cl)c2)c1[C@H](C)N. The van der Waals surface area contributed by atoms with Gasteiger partial charge in [-0.3, -0.25) is 0 Å². The van der Waals surface area contributed by atoms with Crippen LogP contribution in [0.25, 0.3) is 0 Å². The van der Waals surface area contributed by atoms with Crippen molar-refractivity contribution in [3.63, 3.8) is 0 Å². The number of halogens is 1. The lowest BCUT2D eigenvalue weighted by Gasteiger charge is -2.25. The summed E-state index contributed by atoms with van der Waals surface area (Å²) in [4.78, 5) is 2.16. The molecule has 0 saturated heterocycles. The standard InChI is InChI=1S/C17H21ClN2O/c1-12(19)17-15(8-5-9-16(17)21-3)20(2)11-13-6-4-7-14(18)10-13/h4-10,12H,11,19H2,1-3H3/t12-/m0/s1. The lowest BCUT2D eigenvalue weighted by Crippen LogP contribution is -2.20. The molecule has 0 spiro atoms. The first-order valence-corrected chi connectivity index (χ1v) is 7.28. The van der Waals surface area contributed by atoms with E-state index in [2.05, 4.69) is 17.0 Å². The lowest BCUT2D eigenvalue weighted by molar-refractivity contribution is 0.407. The summed E-state index contributed by atoms with van der Waals surface area (Å²) >= 11 is 6.05. The topological polar surface area (TPSA) is 38.5 Å². The summed E-state index contributed by atoms with van der Waals surface area (Å²) in [5, 5.41) is 0.749. The normalized spacial score (nSPS) is 12.0. The van der Waals surface area contributed by atoms with Gasteiger partial charge in [0.15, 0.2) is 0 Å². The molecule has 0 radical (unpaired) electrons. The number of ether oxygens (including phenoxy) is 1. The van der Waals surface area contributed by atoms with Gasteiger partial charge in [0.05, 0.1) is 7.11 Å². The second-order valence-corrected chi connectivity index (χ2v) is 5.60. The Hall–Kier alpha value is -1.71. The molecule has 4 heteroatoms. The number of anilines is 1. The van der Waals surface area contributed by atoms with Crippen LogP contribution in [-0.2, 0) is 6.54 Å². The molecule has 112 valence electrons. The summed E-state index contributed by atoms with van der Waals surface area (Å²) in [5.74, 6) is 0.820. The molecule has 0 amide bonds. The van der Waals surface area contributed by atoms with E-state index in [9.17, 15) is 0 Å². The van der Waals surface area contributed by atoms with Crippen LogP contribution in [0.3, 0.4) is 0 Å². The van der Waals surface area contributed by atoms with Gasteiger partial charge in [-0.15, -0.1) is 0 Å². The van der Waals surface area contributed by atoms with Gasteiger partial charge >= 0.3 is 0 Å². The first-order chi connectivity index (χ1) is 10.0. The second kappa shape index (κ2) is 6.83. The Morgan fingerprint density at radius 2 is 1.95 bits per heavy atom. The predicted octanol–water partition coefficient (Wildman–Crippen LogP) is 4.00. The lowest BCUT2D eigenvalue weighted by atomic mass is 10.0. The molecule has 0 aliphatic carbocycles. The molecule has 0 fully saturated rings. The minimum Gasteiger partial charge on any atom is -0.496 e. The van der Waals surface area contributed by atoms with Crippen molar-refractivity contribution in [3.8, 4) is 5.75 Å². The number of nitrogens with zero attached hydrogens (tertiary/aromatic N) is 1. The highest BCUT2D eigenvalue weighted by Gasteiger charge is 2.16. The van der Waals surface area contributed by atoms with Crippen molar-refractivity contribution in [3.05, 3.63) is 58.6 Å². The van der Waals surface area contributed by atoms with Crippen molar-refractivity contribution in [2.45, 2.75) is 19.5 Å². The van der Waals surface area contributed by atoms with Crippen molar-refractivity contribution in [1.29, 1.82) is 0 Å². The van der Waals surface area contributed by atoms with E-state index in [0.717, 1.165) is 34.1 Å². The Morgan fingerprint density at radius 1 is 1.24 bits per heavy atom. The highest BCUT2D eigenvalue weighted by Crippen LogP contribution is 2.33. The highest BCUT2D eigenvalue weighted by molar-refractivity contribution is 6.30.